The van der Waals surface area contributed by atoms with E-state index in [1.807, 2.05) is 20.8 Å². The lowest BCUT2D eigenvalue weighted by Crippen LogP contribution is -2.11. The highest BCUT2D eigenvalue weighted by Gasteiger charge is 2.36. The third-order valence-electron chi connectivity index (χ3n) is 7.74. The van der Waals surface area contributed by atoms with Gasteiger partial charge in [-0.1, -0.05) is 50.2 Å². The van der Waals surface area contributed by atoms with Crippen molar-refractivity contribution in [3.8, 4) is 22.8 Å². The van der Waals surface area contributed by atoms with Crippen LogP contribution in [0, 0.1) is 11.8 Å². The number of rotatable bonds is 10. The molecule has 2 aliphatic carbocycles. The number of hydrogen-bond acceptors (Lipinski definition) is 6. The van der Waals surface area contributed by atoms with Gasteiger partial charge in [0, 0.05) is 31.8 Å². The van der Waals surface area contributed by atoms with Crippen molar-refractivity contribution in [2.45, 2.75) is 71.5 Å². The van der Waals surface area contributed by atoms with Crippen LogP contribution < -0.4 is 0 Å². The fraction of sp³-hybridized carbons (Fsp3) is 0.515. The molecule has 0 aliphatic heterocycles. The van der Waals surface area contributed by atoms with Gasteiger partial charge in [-0.15, -0.1) is 20.4 Å². The van der Waals surface area contributed by atoms with Crippen molar-refractivity contribution in [3.63, 3.8) is 0 Å². The summed E-state index contributed by atoms with van der Waals surface area (Å²) in [5, 5.41) is 15.9. The van der Waals surface area contributed by atoms with Crippen LogP contribution in [0.25, 0.3) is 22.8 Å². The molecule has 0 bridgehead atoms. The average Bonchev–Trinajstić information content (AvgIpc) is 3.97. The Balaban J connectivity index is 0.000000202. The van der Waals surface area contributed by atoms with Gasteiger partial charge in [-0.2, -0.15) is 26.3 Å². The molecule has 256 valence electrons. The molecular weight excluding hydrogens is 626 g/mol. The first-order valence-electron chi connectivity index (χ1n) is 15.6. The highest BCUT2D eigenvalue weighted by Crippen LogP contribution is 2.38. The fourth-order valence-corrected chi connectivity index (χ4v) is 4.74. The Morgan fingerprint density at radius 1 is 0.702 bits per heavy atom. The van der Waals surface area contributed by atoms with Crippen molar-refractivity contribution in [2.24, 2.45) is 25.9 Å². The van der Waals surface area contributed by atoms with Crippen LogP contribution in [0.4, 0.5) is 26.3 Å². The monoisotopic (exact) mass is 666 g/mol. The Morgan fingerprint density at radius 2 is 1.17 bits per heavy atom. The van der Waals surface area contributed by atoms with Crippen molar-refractivity contribution in [1.82, 2.24) is 29.5 Å². The van der Waals surface area contributed by atoms with E-state index in [1.165, 1.54) is 49.9 Å². The molecule has 6 rings (SSSR count). The summed E-state index contributed by atoms with van der Waals surface area (Å²) in [5.74, 6) is 2.66. The fourth-order valence-electron chi connectivity index (χ4n) is 4.74. The van der Waals surface area contributed by atoms with Gasteiger partial charge in [0.25, 0.3) is 0 Å². The van der Waals surface area contributed by atoms with E-state index in [4.69, 9.17) is 9.47 Å². The number of nitrogens with zero attached hydrogens (tertiary/aromatic N) is 6. The normalized spacial score (nSPS) is 15.4. The van der Waals surface area contributed by atoms with Crippen LogP contribution in [0.1, 0.15) is 75.3 Å². The zero-order valence-electron chi connectivity index (χ0n) is 27.1. The summed E-state index contributed by atoms with van der Waals surface area (Å²) in [6, 6.07) is 10.8. The summed E-state index contributed by atoms with van der Waals surface area (Å²) in [5.41, 5.74) is -1.38. The molecule has 0 amide bonds. The molecule has 1 unspecified atom stereocenters. The van der Waals surface area contributed by atoms with Gasteiger partial charge in [0.15, 0.2) is 23.3 Å². The second-order valence-corrected chi connectivity index (χ2v) is 11.4. The predicted molar refractivity (Wildman–Crippen MR) is 164 cm³/mol. The number of halogens is 6. The highest BCUT2D eigenvalue weighted by atomic mass is 19.4. The number of aromatic nitrogens is 6. The van der Waals surface area contributed by atoms with Crippen LogP contribution in [0.3, 0.4) is 0 Å². The smallest absolute Gasteiger partial charge is 0.373 e. The van der Waals surface area contributed by atoms with Gasteiger partial charge in [0.05, 0.1) is 17.7 Å². The number of ether oxygens (including phenoxy) is 2. The number of alkyl halides is 6. The molecule has 47 heavy (non-hydrogen) atoms. The minimum Gasteiger partial charge on any atom is -0.373 e. The van der Waals surface area contributed by atoms with E-state index in [2.05, 4.69) is 20.4 Å². The van der Waals surface area contributed by atoms with Crippen LogP contribution in [0.15, 0.2) is 48.5 Å². The Hall–Kier alpha value is -3.78. The van der Waals surface area contributed by atoms with Crippen LogP contribution in [0.5, 0.6) is 0 Å². The molecule has 4 aromatic rings. The van der Waals surface area contributed by atoms with Crippen LogP contribution in [-0.2, 0) is 42.5 Å². The highest BCUT2D eigenvalue weighted by molar-refractivity contribution is 5.62. The molecule has 2 fully saturated rings. The van der Waals surface area contributed by atoms with Crippen molar-refractivity contribution in [3.05, 3.63) is 71.3 Å². The van der Waals surface area contributed by atoms with Crippen molar-refractivity contribution >= 4 is 0 Å². The van der Waals surface area contributed by atoms with E-state index >= 15 is 0 Å². The van der Waals surface area contributed by atoms with Gasteiger partial charge < -0.3 is 18.6 Å². The Bertz CT molecular complexity index is 1590. The molecule has 2 aliphatic rings. The van der Waals surface area contributed by atoms with E-state index in [-0.39, 0.29) is 35.5 Å². The Morgan fingerprint density at radius 3 is 1.68 bits per heavy atom. The van der Waals surface area contributed by atoms with E-state index in [1.54, 1.807) is 35.4 Å². The number of hydrogen-bond donors (Lipinski definition) is 0. The quantitative estimate of drug-likeness (QED) is 0.158. The standard InChI is InChI=1S/C16H18F3N3O.C15H16F3N3O.C2H6/c1-10(23-9-11-7-8-11)14-20-21-15(22(14)2)12-5-3-4-6-13(12)16(17,18)19;1-21-13(9-22-8-10-6-7-10)19-20-14(21)11-4-2-3-5-12(11)15(16,17)18;1-2/h3-6,10-11H,7-9H2,1-2H3;2-5,10H,6-9H2,1H3;1-2H3. The second kappa shape index (κ2) is 15.4. The molecule has 2 saturated carbocycles. The van der Waals surface area contributed by atoms with Crippen molar-refractivity contribution < 1.29 is 35.8 Å². The Kier molecular flexibility index (Phi) is 11.8. The zero-order valence-corrected chi connectivity index (χ0v) is 27.1. The van der Waals surface area contributed by atoms with E-state index in [9.17, 15) is 26.3 Å². The summed E-state index contributed by atoms with van der Waals surface area (Å²) >= 11 is 0. The van der Waals surface area contributed by atoms with Crippen molar-refractivity contribution in [1.29, 1.82) is 0 Å². The predicted octanol–water partition coefficient (Wildman–Crippen LogP) is 8.44. The first kappa shape index (κ1) is 36.1. The molecule has 2 heterocycles. The van der Waals surface area contributed by atoms with Gasteiger partial charge in [-0.3, -0.25) is 0 Å². The summed E-state index contributed by atoms with van der Waals surface area (Å²) in [7, 11) is 3.31. The third-order valence-corrected chi connectivity index (χ3v) is 7.74. The third kappa shape index (κ3) is 9.40. The second-order valence-electron chi connectivity index (χ2n) is 11.4. The molecule has 0 saturated heterocycles. The summed E-state index contributed by atoms with van der Waals surface area (Å²) in [6.07, 6.45) is -4.45. The molecule has 1 atom stereocenters. The maximum absolute atomic E-state index is 13.2. The molecule has 0 N–H and O–H groups in total. The van der Waals surface area contributed by atoms with Gasteiger partial charge in [0.2, 0.25) is 0 Å². The first-order valence-corrected chi connectivity index (χ1v) is 15.6. The van der Waals surface area contributed by atoms with E-state index in [0.29, 0.717) is 36.7 Å². The van der Waals surface area contributed by atoms with Gasteiger partial charge in [-0.05, 0) is 56.6 Å². The summed E-state index contributed by atoms with van der Waals surface area (Å²) < 4.78 is 93.1. The first-order chi connectivity index (χ1) is 22.3. The molecule has 8 nitrogen and oxygen atoms in total. The lowest BCUT2D eigenvalue weighted by atomic mass is 10.1. The maximum atomic E-state index is 13.2. The summed E-state index contributed by atoms with van der Waals surface area (Å²) in [4.78, 5) is 0. The SMILES string of the molecule is CC.CC(OCC1CC1)c1nnc(-c2ccccc2C(F)(F)F)n1C.Cn1c(COCC2CC2)nnc1-c1ccccc1C(F)(F)F. The molecular formula is C33H40F6N6O2. The average molecular weight is 667 g/mol. The van der Waals surface area contributed by atoms with Crippen LogP contribution in [0.2, 0.25) is 0 Å². The van der Waals surface area contributed by atoms with Gasteiger partial charge in [-0.25, -0.2) is 0 Å². The van der Waals surface area contributed by atoms with Gasteiger partial charge in [0.1, 0.15) is 12.7 Å². The van der Waals surface area contributed by atoms with Crippen LogP contribution >= 0.6 is 0 Å². The Labute approximate surface area is 270 Å². The molecule has 0 radical (unpaired) electrons. The van der Waals surface area contributed by atoms with E-state index < -0.39 is 23.5 Å². The minimum absolute atomic E-state index is 0.0237. The molecule has 14 heteroatoms. The topological polar surface area (TPSA) is 79.9 Å². The number of benzene rings is 2. The van der Waals surface area contributed by atoms with Gasteiger partial charge >= 0.3 is 12.4 Å². The van der Waals surface area contributed by atoms with E-state index in [0.717, 1.165) is 12.1 Å². The summed E-state index contributed by atoms with van der Waals surface area (Å²) in [6.45, 7) is 7.42. The largest absolute Gasteiger partial charge is 0.417 e. The van der Waals surface area contributed by atoms with Crippen LogP contribution in [-0.4, -0.2) is 42.7 Å². The maximum Gasteiger partial charge on any atom is 0.417 e. The lowest BCUT2D eigenvalue weighted by molar-refractivity contribution is -0.138. The zero-order chi connectivity index (χ0) is 34.4. The lowest BCUT2D eigenvalue weighted by Gasteiger charge is -2.14. The molecule has 2 aromatic carbocycles. The molecule has 0 spiro atoms. The van der Waals surface area contributed by atoms with Crippen molar-refractivity contribution in [2.75, 3.05) is 13.2 Å². The minimum atomic E-state index is -4.43. The molecule has 2 aromatic heterocycles.